The second kappa shape index (κ2) is 16.5. The minimum Gasteiger partial charge on any atom is -0.463 e. The van der Waals surface area contributed by atoms with Gasteiger partial charge in [0, 0.05) is 44.7 Å². The molecule has 1 N–H and O–H groups in total. The van der Waals surface area contributed by atoms with E-state index in [-0.39, 0.29) is 42.9 Å². The number of carbonyl (C=O) groups excluding carboxylic acids is 2. The summed E-state index contributed by atoms with van der Waals surface area (Å²) < 4.78 is 25.0. The molecule has 1 saturated carbocycles. The summed E-state index contributed by atoms with van der Waals surface area (Å²) in [4.78, 5) is 34.6. The van der Waals surface area contributed by atoms with Crippen molar-refractivity contribution in [3.8, 4) is 0 Å². The largest absolute Gasteiger partial charge is 0.463 e. The van der Waals surface area contributed by atoms with E-state index in [0.29, 0.717) is 30.7 Å². The third-order valence-corrected chi connectivity index (χ3v) is 10.9. The Morgan fingerprint density at radius 1 is 1.09 bits per heavy atom. The van der Waals surface area contributed by atoms with E-state index < -0.39 is 35.5 Å². The number of methoxy groups -OCH3 is 1. The minimum atomic E-state index is -1.37. The van der Waals surface area contributed by atoms with Crippen molar-refractivity contribution in [2.45, 2.75) is 142 Å². The van der Waals surface area contributed by atoms with E-state index in [4.69, 9.17) is 18.9 Å². The topological polar surface area (TPSA) is 101 Å². The number of Topliss-reactive ketones (excluding diaryl/α,β-unsaturated/α-hetero) is 1. The van der Waals surface area contributed by atoms with Crippen molar-refractivity contribution in [2.24, 2.45) is 23.2 Å². The zero-order valence-electron chi connectivity index (χ0n) is 31.1. The van der Waals surface area contributed by atoms with Gasteiger partial charge in [-0.2, -0.15) is 0 Å². The fraction of sp³-hybridized carbons (Fsp3) is 0.944. The number of carbonyl (C=O) groups is 2. The van der Waals surface area contributed by atoms with Gasteiger partial charge in [-0.25, -0.2) is 0 Å². The van der Waals surface area contributed by atoms with Crippen LogP contribution in [0.3, 0.4) is 0 Å². The third kappa shape index (κ3) is 9.51. The molecule has 3 rings (SSSR count). The summed E-state index contributed by atoms with van der Waals surface area (Å²) >= 11 is 0. The molecule has 10 heteroatoms. The van der Waals surface area contributed by atoms with Crippen molar-refractivity contribution in [3.63, 3.8) is 0 Å². The average Bonchev–Trinajstić information content (AvgIpc) is 2.93. The van der Waals surface area contributed by atoms with Gasteiger partial charge in [-0.15, -0.1) is 0 Å². The van der Waals surface area contributed by atoms with Crippen molar-refractivity contribution < 1.29 is 33.6 Å². The first kappa shape index (κ1) is 39.3. The maximum absolute atomic E-state index is 14.0. The highest BCUT2D eigenvalue weighted by Crippen LogP contribution is 2.39. The molecule has 46 heavy (non-hydrogen) atoms. The number of nitrogens with zero attached hydrogens (tertiary/aromatic N) is 3. The Bertz CT molecular complexity index is 987. The Balaban J connectivity index is 1.93. The lowest BCUT2D eigenvalue weighted by Crippen LogP contribution is -2.57. The highest BCUT2D eigenvalue weighted by molar-refractivity contribution is 6.03. The van der Waals surface area contributed by atoms with Gasteiger partial charge in [0.1, 0.15) is 18.1 Å². The van der Waals surface area contributed by atoms with Gasteiger partial charge in [0.2, 0.25) is 0 Å². The Hall–Kier alpha value is -1.14. The Labute approximate surface area is 279 Å². The number of likely N-dealkylation sites (N-methyl/N-ethyl adjacent to an activating group) is 1. The molecule has 2 aliphatic heterocycles. The average molecular weight is 654 g/mol. The summed E-state index contributed by atoms with van der Waals surface area (Å²) in [5.41, 5.74) is -2.25. The maximum Gasteiger partial charge on any atom is 0.319 e. The van der Waals surface area contributed by atoms with Gasteiger partial charge in [0.15, 0.2) is 12.1 Å². The molecule has 0 amide bonds. The number of hydrogen-bond donors (Lipinski definition) is 1. The number of rotatable bonds is 10. The summed E-state index contributed by atoms with van der Waals surface area (Å²) in [5.74, 6) is 0.431. The van der Waals surface area contributed by atoms with Gasteiger partial charge >= 0.3 is 5.97 Å². The van der Waals surface area contributed by atoms with Crippen LogP contribution in [0, 0.1) is 23.2 Å². The van der Waals surface area contributed by atoms with Gasteiger partial charge in [-0.1, -0.05) is 27.7 Å². The lowest BCUT2D eigenvalue weighted by atomic mass is 9.74. The van der Waals surface area contributed by atoms with Crippen LogP contribution in [-0.4, -0.2) is 134 Å². The van der Waals surface area contributed by atoms with E-state index in [9.17, 15) is 14.7 Å². The molecule has 2 heterocycles. The van der Waals surface area contributed by atoms with Crippen LogP contribution >= 0.6 is 0 Å². The number of ether oxygens (including phenoxy) is 4. The molecular formula is C36H67N3O7. The number of hydrogen-bond acceptors (Lipinski definition) is 10. The number of ketones is 1. The van der Waals surface area contributed by atoms with Crippen LogP contribution in [0.25, 0.3) is 0 Å². The van der Waals surface area contributed by atoms with Crippen molar-refractivity contribution in [3.05, 3.63) is 0 Å². The minimum absolute atomic E-state index is 0.0681. The molecule has 3 fully saturated rings. The lowest BCUT2D eigenvalue weighted by molar-refractivity contribution is -0.289. The zero-order chi connectivity index (χ0) is 34.6. The van der Waals surface area contributed by atoms with Gasteiger partial charge in [-0.3, -0.25) is 14.5 Å². The summed E-state index contributed by atoms with van der Waals surface area (Å²) in [5, 5.41) is 11.3. The smallest absolute Gasteiger partial charge is 0.319 e. The predicted molar refractivity (Wildman–Crippen MR) is 180 cm³/mol. The first-order chi connectivity index (χ1) is 21.4. The van der Waals surface area contributed by atoms with Gasteiger partial charge in [0.05, 0.1) is 17.8 Å². The summed E-state index contributed by atoms with van der Waals surface area (Å²) in [6.07, 6.45) is 1.62. The van der Waals surface area contributed by atoms with Gasteiger partial charge in [-0.05, 0) is 105 Å². The molecule has 1 aliphatic carbocycles. The van der Waals surface area contributed by atoms with Crippen molar-refractivity contribution in [2.75, 3.05) is 54.5 Å². The van der Waals surface area contributed by atoms with Crippen molar-refractivity contribution in [1.29, 1.82) is 0 Å². The van der Waals surface area contributed by atoms with E-state index in [0.717, 1.165) is 38.9 Å². The second-order valence-electron chi connectivity index (χ2n) is 16.2. The fourth-order valence-electron chi connectivity index (χ4n) is 7.85. The Kier molecular flexibility index (Phi) is 14.1. The van der Waals surface area contributed by atoms with Crippen LogP contribution in [0.5, 0.6) is 0 Å². The van der Waals surface area contributed by atoms with E-state index in [1.54, 1.807) is 21.0 Å². The maximum atomic E-state index is 14.0. The van der Waals surface area contributed by atoms with Gasteiger partial charge < -0.3 is 33.9 Å². The van der Waals surface area contributed by atoms with Crippen LogP contribution < -0.4 is 0 Å². The highest BCUT2D eigenvalue weighted by atomic mass is 16.7. The quantitative estimate of drug-likeness (QED) is 0.273. The summed E-state index contributed by atoms with van der Waals surface area (Å²) in [7, 11) is 7.74. The summed E-state index contributed by atoms with van der Waals surface area (Å²) in [6.45, 7) is 19.2. The number of cyclic esters (lactones) is 1. The molecule has 0 aromatic carbocycles. The molecular weight excluding hydrogens is 586 g/mol. The number of aliphatic hydroxyl groups excluding tert-OH is 1. The highest BCUT2D eigenvalue weighted by Gasteiger charge is 2.49. The van der Waals surface area contributed by atoms with Crippen molar-refractivity contribution in [1.82, 2.24) is 14.7 Å². The van der Waals surface area contributed by atoms with E-state index in [2.05, 4.69) is 44.5 Å². The Morgan fingerprint density at radius 2 is 1.74 bits per heavy atom. The molecule has 0 spiro atoms. The van der Waals surface area contributed by atoms with Crippen LogP contribution in [-0.2, 0) is 28.5 Å². The monoisotopic (exact) mass is 653 g/mol. The first-order valence-corrected chi connectivity index (χ1v) is 17.8. The van der Waals surface area contributed by atoms with E-state index >= 15 is 0 Å². The van der Waals surface area contributed by atoms with Gasteiger partial charge in [0.25, 0.3) is 0 Å². The normalized spacial score (nSPS) is 38.7. The van der Waals surface area contributed by atoms with Crippen LogP contribution in [0.15, 0.2) is 0 Å². The summed E-state index contributed by atoms with van der Waals surface area (Å²) in [6, 6.07) is 0.459. The molecule has 2 saturated heterocycles. The van der Waals surface area contributed by atoms with Crippen LogP contribution in [0.1, 0.15) is 93.9 Å². The number of aliphatic hydroxyl groups is 1. The fourth-order valence-corrected chi connectivity index (χ4v) is 7.85. The second-order valence-corrected chi connectivity index (χ2v) is 16.2. The molecule has 0 unspecified atom stereocenters. The zero-order valence-corrected chi connectivity index (χ0v) is 31.1. The predicted octanol–water partition coefficient (Wildman–Crippen LogP) is 4.22. The van der Waals surface area contributed by atoms with E-state index in [1.165, 1.54) is 0 Å². The SMILES string of the molecule is CCCN1C[C@H](C)C[C@@](C)(OC)[C@H](O[C@@H]2O[C@H](C)C[C@H](N(C)C)[C@H]2O)CC(=O)C(C)(C)C(=O)OC[C@H]1[C@H]1C[C@H](N(C)CC(C)C)C1. The van der Waals surface area contributed by atoms with Crippen LogP contribution in [0.2, 0.25) is 0 Å². The molecule has 268 valence electrons. The van der Waals surface area contributed by atoms with Crippen LogP contribution in [0.4, 0.5) is 0 Å². The number of esters is 1. The third-order valence-electron chi connectivity index (χ3n) is 10.9. The molecule has 0 bridgehead atoms. The first-order valence-electron chi connectivity index (χ1n) is 17.8. The van der Waals surface area contributed by atoms with Crippen molar-refractivity contribution >= 4 is 11.8 Å². The standard InChI is InChI=1S/C36H67N3O7/c1-13-14-39-21-24(4)19-36(8,43-12)31(46-33-32(41)28(37(9)10)15-25(5)45-33)18-30(40)35(6,7)34(42)44-22-29(39)26-16-27(17-26)38(11)20-23(2)3/h23-29,31-33,41H,13-22H2,1-12H3/t24-,25-,26-,27-,28+,29+,31-,32-,33+,36-/m1/s1. The molecule has 0 aromatic heterocycles. The molecule has 10 nitrogen and oxygen atoms in total. The molecule has 0 aromatic rings. The Morgan fingerprint density at radius 3 is 2.30 bits per heavy atom. The molecule has 8 atom stereocenters. The molecule has 3 aliphatic rings. The lowest BCUT2D eigenvalue weighted by Gasteiger charge is -2.49. The van der Waals surface area contributed by atoms with E-state index in [1.807, 2.05) is 32.8 Å². The molecule has 0 radical (unpaired) electrons.